The average molecular weight is 349 g/mol. The number of carboxylic acid groups (broad SMARTS) is 1. The van der Waals surface area contributed by atoms with Gasteiger partial charge in [-0.3, -0.25) is 0 Å². The van der Waals surface area contributed by atoms with Gasteiger partial charge in [-0.25, -0.2) is 4.79 Å². The molecule has 132 valence electrons. The van der Waals surface area contributed by atoms with Crippen LogP contribution in [-0.2, 0) is 17.6 Å². The highest BCUT2D eigenvalue weighted by Crippen LogP contribution is 2.30. The number of carbonyl (C=O) groups is 1. The van der Waals surface area contributed by atoms with Gasteiger partial charge in [0.15, 0.2) is 6.10 Å². The van der Waals surface area contributed by atoms with Gasteiger partial charge in [-0.2, -0.15) is 0 Å². The number of hydrogen-bond donors (Lipinski definition) is 0. The second-order valence-corrected chi connectivity index (χ2v) is 6.44. The third-order valence-corrected chi connectivity index (χ3v) is 4.77. The highest BCUT2D eigenvalue weighted by Gasteiger charge is 2.19. The molecule has 4 rings (SSSR count). The Morgan fingerprint density at radius 2 is 1.77 bits per heavy atom. The van der Waals surface area contributed by atoms with Crippen LogP contribution in [-0.4, -0.2) is 5.97 Å². The van der Waals surface area contributed by atoms with Crippen LogP contribution in [0.5, 0.6) is 5.75 Å². The van der Waals surface area contributed by atoms with Gasteiger partial charge in [0.1, 0.15) is 11.3 Å². The van der Waals surface area contributed by atoms with Crippen molar-refractivity contribution in [3.63, 3.8) is 0 Å². The summed E-state index contributed by atoms with van der Waals surface area (Å²) in [5.41, 5.74) is 2.38. The smallest absolute Gasteiger partial charge is 0.339 e. The van der Waals surface area contributed by atoms with Gasteiger partial charge in [-0.1, -0.05) is 30.3 Å². The number of hydrogen-bond acceptors (Lipinski definition) is 5. The number of ether oxygens (including phenoxy) is 1. The number of benzene rings is 2. The molecule has 0 saturated heterocycles. The van der Waals surface area contributed by atoms with Crippen LogP contribution in [0.1, 0.15) is 35.6 Å². The number of aliphatic carboxylic acids is 1. The highest BCUT2D eigenvalue weighted by atomic mass is 16.5. The molecule has 5 nitrogen and oxygen atoms in total. The van der Waals surface area contributed by atoms with Gasteiger partial charge in [0.25, 0.3) is 0 Å². The predicted octanol–water partition coefficient (Wildman–Crippen LogP) is 2.54. The summed E-state index contributed by atoms with van der Waals surface area (Å²) in [7, 11) is 0. The molecule has 26 heavy (non-hydrogen) atoms. The van der Waals surface area contributed by atoms with Gasteiger partial charge < -0.3 is 19.1 Å². The summed E-state index contributed by atoms with van der Waals surface area (Å²) >= 11 is 0. The Balaban J connectivity index is 1.73. The van der Waals surface area contributed by atoms with Crippen LogP contribution in [0.25, 0.3) is 11.0 Å². The lowest BCUT2D eigenvalue weighted by Gasteiger charge is -2.21. The lowest BCUT2D eigenvalue weighted by Crippen LogP contribution is -2.33. The maximum Gasteiger partial charge on any atom is 0.339 e. The third kappa shape index (κ3) is 2.96. The lowest BCUT2D eigenvalue weighted by atomic mass is 9.91. The average Bonchev–Trinajstić information content (AvgIpc) is 2.66. The van der Waals surface area contributed by atoms with Gasteiger partial charge in [-0.15, -0.1) is 0 Å². The molecule has 0 spiro atoms. The van der Waals surface area contributed by atoms with E-state index >= 15 is 0 Å². The molecule has 1 aliphatic carbocycles. The number of carbonyl (C=O) groups excluding carboxylic acids is 1. The molecule has 3 aromatic rings. The first-order valence-electron chi connectivity index (χ1n) is 8.64. The van der Waals surface area contributed by atoms with Crippen molar-refractivity contribution in [1.82, 2.24) is 0 Å². The van der Waals surface area contributed by atoms with Crippen molar-refractivity contribution in [2.24, 2.45) is 0 Å². The molecule has 0 fully saturated rings. The second kappa shape index (κ2) is 6.67. The number of carboxylic acids is 1. The van der Waals surface area contributed by atoms with Gasteiger partial charge >= 0.3 is 5.63 Å². The van der Waals surface area contributed by atoms with E-state index in [4.69, 9.17) is 9.15 Å². The van der Waals surface area contributed by atoms with E-state index in [1.54, 1.807) is 42.5 Å². The van der Waals surface area contributed by atoms with Crippen LogP contribution in [0.3, 0.4) is 0 Å². The summed E-state index contributed by atoms with van der Waals surface area (Å²) in [6, 6.07) is 13.7. The van der Waals surface area contributed by atoms with Crippen LogP contribution in [0.15, 0.2) is 57.7 Å². The molecule has 5 heteroatoms. The first-order valence-corrected chi connectivity index (χ1v) is 8.64. The van der Waals surface area contributed by atoms with E-state index in [0.717, 1.165) is 42.2 Å². The minimum absolute atomic E-state index is 0.314. The maximum absolute atomic E-state index is 12.2. The number of rotatable bonds is 4. The first-order chi connectivity index (χ1) is 12.6. The molecule has 1 aromatic heterocycles. The van der Waals surface area contributed by atoms with Crippen molar-refractivity contribution >= 4 is 16.9 Å². The fourth-order valence-corrected chi connectivity index (χ4v) is 3.52. The zero-order valence-corrected chi connectivity index (χ0v) is 14.1. The monoisotopic (exact) mass is 349 g/mol. The van der Waals surface area contributed by atoms with Gasteiger partial charge in [0, 0.05) is 17.0 Å². The Labute approximate surface area is 149 Å². The van der Waals surface area contributed by atoms with Crippen LogP contribution < -0.4 is 15.5 Å². The predicted molar refractivity (Wildman–Crippen MR) is 93.9 cm³/mol. The molecule has 0 unspecified atom stereocenters. The quantitative estimate of drug-likeness (QED) is 0.676. The van der Waals surface area contributed by atoms with Crippen molar-refractivity contribution in [3.05, 3.63) is 75.6 Å². The van der Waals surface area contributed by atoms with Gasteiger partial charge in [0.05, 0.1) is 5.97 Å². The number of aryl methyl sites for hydroxylation is 1. The zero-order valence-electron chi connectivity index (χ0n) is 14.1. The zero-order chi connectivity index (χ0) is 18.1. The summed E-state index contributed by atoms with van der Waals surface area (Å²) in [5.74, 6) is -1.02. The normalized spacial score (nSPS) is 14.6. The Morgan fingerprint density at radius 1 is 1.04 bits per heavy atom. The molecule has 2 aromatic carbocycles. The largest absolute Gasteiger partial charge is 0.546 e. The molecule has 0 aliphatic heterocycles. The molecule has 1 atom stereocenters. The van der Waals surface area contributed by atoms with Crippen LogP contribution >= 0.6 is 0 Å². The van der Waals surface area contributed by atoms with Gasteiger partial charge in [-0.05, 0) is 48.9 Å². The van der Waals surface area contributed by atoms with Crippen molar-refractivity contribution in [2.75, 3.05) is 0 Å². The lowest BCUT2D eigenvalue weighted by molar-refractivity contribution is -0.314. The standard InChI is InChI=1S/C21H18O5/c22-20(23)19(13-6-2-1-3-7-13)25-14-10-11-16-15-8-4-5-9-17(15)21(24)26-18(16)12-14/h1-3,6-7,10-12,19H,4-5,8-9H2,(H,22,23)/p-1/t19-/m0/s1. The van der Waals surface area contributed by atoms with E-state index in [-0.39, 0.29) is 5.63 Å². The van der Waals surface area contributed by atoms with Crippen LogP contribution in [0, 0.1) is 0 Å². The topological polar surface area (TPSA) is 79.6 Å². The first kappa shape index (κ1) is 16.4. The van der Waals surface area contributed by atoms with E-state index in [0.29, 0.717) is 16.9 Å². The molecular formula is C21H17O5-. The summed E-state index contributed by atoms with van der Waals surface area (Å²) in [5, 5.41) is 12.4. The SMILES string of the molecule is O=C([O-])[C@@H](Oc1ccc2c3c(c(=O)oc2c1)CCCC3)c1ccccc1. The minimum atomic E-state index is -1.33. The third-order valence-electron chi connectivity index (χ3n) is 4.77. The molecule has 0 amide bonds. The van der Waals surface area contributed by atoms with E-state index < -0.39 is 12.1 Å². The Hall–Kier alpha value is -3.08. The fourth-order valence-electron chi connectivity index (χ4n) is 3.52. The minimum Gasteiger partial charge on any atom is -0.546 e. The molecule has 1 aliphatic rings. The van der Waals surface area contributed by atoms with Gasteiger partial charge in [0.2, 0.25) is 0 Å². The van der Waals surface area contributed by atoms with E-state index in [2.05, 4.69) is 0 Å². The summed E-state index contributed by atoms with van der Waals surface area (Å²) < 4.78 is 11.1. The number of fused-ring (bicyclic) bond motifs is 3. The Bertz CT molecular complexity index is 1020. The summed E-state index contributed by atoms with van der Waals surface area (Å²) in [6.07, 6.45) is 2.40. The van der Waals surface area contributed by atoms with Crippen molar-refractivity contribution < 1.29 is 19.1 Å². The highest BCUT2D eigenvalue weighted by molar-refractivity contribution is 5.83. The Kier molecular flexibility index (Phi) is 4.21. The summed E-state index contributed by atoms with van der Waals surface area (Å²) in [6.45, 7) is 0. The fraction of sp³-hybridized carbons (Fsp3) is 0.238. The van der Waals surface area contributed by atoms with E-state index in [1.807, 2.05) is 6.07 Å². The van der Waals surface area contributed by atoms with Crippen molar-refractivity contribution in [2.45, 2.75) is 31.8 Å². The summed E-state index contributed by atoms with van der Waals surface area (Å²) in [4.78, 5) is 23.7. The molecule has 0 radical (unpaired) electrons. The van der Waals surface area contributed by atoms with Crippen LogP contribution in [0.4, 0.5) is 0 Å². The molecule has 0 bridgehead atoms. The second-order valence-electron chi connectivity index (χ2n) is 6.44. The van der Waals surface area contributed by atoms with E-state index in [1.165, 1.54) is 0 Å². The molecule has 0 N–H and O–H groups in total. The van der Waals surface area contributed by atoms with Crippen LogP contribution in [0.2, 0.25) is 0 Å². The molecule has 1 heterocycles. The van der Waals surface area contributed by atoms with Crippen molar-refractivity contribution in [3.8, 4) is 5.75 Å². The molecule has 0 saturated carbocycles. The van der Waals surface area contributed by atoms with E-state index in [9.17, 15) is 14.7 Å². The Morgan fingerprint density at radius 3 is 2.50 bits per heavy atom. The maximum atomic E-state index is 12.2. The molecular weight excluding hydrogens is 332 g/mol. The van der Waals surface area contributed by atoms with Crippen molar-refractivity contribution in [1.29, 1.82) is 0 Å².